The standard InChI is InChI=1S/C20H16N2O9S2.2Na/c1-12(23)21-15-6-4-13(17(10-15)32(26,27)28)2-3-14-5-7-16(11-18(14)33(29,30)31)22-19(24)8-9-20(22)25;;/h2-11H,1H3,(H,21,23)(H,26,27,28)(H,29,30,31);;/q;2*+1/p-2/b3-2+;;. The smallest absolute Gasteiger partial charge is 0.744 e. The monoisotopic (exact) mass is 536 g/mol. The van der Waals surface area contributed by atoms with Crippen molar-refractivity contribution < 1.29 is 99.4 Å². The third-order valence-corrected chi connectivity index (χ3v) is 6.16. The molecule has 0 fully saturated rings. The van der Waals surface area contributed by atoms with E-state index in [0.29, 0.717) is 4.90 Å². The normalized spacial score (nSPS) is 13.5. The zero-order chi connectivity index (χ0) is 24.6. The molecule has 0 bridgehead atoms. The molecule has 3 amide bonds. The molecule has 0 unspecified atom stereocenters. The van der Waals surface area contributed by atoms with Crippen molar-refractivity contribution in [3.05, 3.63) is 59.7 Å². The van der Waals surface area contributed by atoms with Crippen molar-refractivity contribution >= 4 is 61.5 Å². The summed E-state index contributed by atoms with van der Waals surface area (Å²) in [6, 6.07) is 6.68. The molecule has 0 aliphatic carbocycles. The maximum atomic E-state index is 11.8. The number of amides is 3. The van der Waals surface area contributed by atoms with Crippen molar-refractivity contribution in [1.29, 1.82) is 0 Å². The van der Waals surface area contributed by atoms with Crippen molar-refractivity contribution in [3.8, 4) is 0 Å². The average Bonchev–Trinajstić information content (AvgIpc) is 3.03. The Hall–Kier alpha value is -1.65. The fourth-order valence-electron chi connectivity index (χ4n) is 3.02. The fraction of sp³-hybridized carbons (Fsp3) is 0.0500. The first-order valence-corrected chi connectivity index (χ1v) is 11.8. The molecule has 0 radical (unpaired) electrons. The Labute approximate surface area is 245 Å². The predicted octanol–water partition coefficient (Wildman–Crippen LogP) is -4.94. The number of rotatable bonds is 6. The van der Waals surface area contributed by atoms with Crippen molar-refractivity contribution in [2.45, 2.75) is 16.7 Å². The van der Waals surface area contributed by atoms with Gasteiger partial charge >= 0.3 is 59.1 Å². The molecule has 0 saturated heterocycles. The van der Waals surface area contributed by atoms with Gasteiger partial charge in [0.2, 0.25) is 5.91 Å². The predicted molar refractivity (Wildman–Crippen MR) is 114 cm³/mol. The Balaban J connectivity index is 0.00000306. The van der Waals surface area contributed by atoms with Crippen LogP contribution in [0.15, 0.2) is 58.3 Å². The van der Waals surface area contributed by atoms with E-state index in [-0.39, 0.29) is 81.6 Å². The summed E-state index contributed by atoms with van der Waals surface area (Å²) in [6.07, 6.45) is 4.15. The Morgan fingerprint density at radius 1 is 0.829 bits per heavy atom. The van der Waals surface area contributed by atoms with E-state index in [1.807, 2.05) is 0 Å². The third kappa shape index (κ3) is 7.67. The Kier molecular flexibility index (Phi) is 10.8. The van der Waals surface area contributed by atoms with E-state index < -0.39 is 47.7 Å². The summed E-state index contributed by atoms with van der Waals surface area (Å²) in [5.74, 6) is -1.94. The molecule has 2 aromatic rings. The Morgan fingerprint density at radius 2 is 1.29 bits per heavy atom. The van der Waals surface area contributed by atoms with Gasteiger partial charge in [0.15, 0.2) is 0 Å². The molecule has 1 heterocycles. The first-order chi connectivity index (χ1) is 15.3. The van der Waals surface area contributed by atoms with E-state index in [2.05, 4.69) is 5.32 Å². The van der Waals surface area contributed by atoms with Crippen molar-refractivity contribution in [1.82, 2.24) is 0 Å². The van der Waals surface area contributed by atoms with Crippen LogP contribution in [0.5, 0.6) is 0 Å². The molecule has 172 valence electrons. The van der Waals surface area contributed by atoms with E-state index in [9.17, 15) is 40.3 Å². The van der Waals surface area contributed by atoms with Crippen LogP contribution in [0.4, 0.5) is 11.4 Å². The molecule has 0 atom stereocenters. The van der Waals surface area contributed by atoms with Gasteiger partial charge in [-0.2, -0.15) is 0 Å². The summed E-state index contributed by atoms with van der Waals surface area (Å²) in [4.78, 5) is 34.1. The number of anilines is 2. The van der Waals surface area contributed by atoms with Crippen LogP contribution in [0.1, 0.15) is 18.1 Å². The van der Waals surface area contributed by atoms with Crippen molar-refractivity contribution in [2.75, 3.05) is 10.2 Å². The number of carbonyl (C=O) groups is 3. The maximum absolute atomic E-state index is 11.8. The minimum absolute atomic E-state index is 0. The van der Waals surface area contributed by atoms with Gasteiger partial charge in [-0.1, -0.05) is 24.3 Å². The third-order valence-electron chi connectivity index (χ3n) is 4.38. The molecule has 11 nitrogen and oxygen atoms in total. The molecule has 0 spiro atoms. The van der Waals surface area contributed by atoms with Crippen LogP contribution in [0.3, 0.4) is 0 Å². The van der Waals surface area contributed by atoms with Crippen LogP contribution in [0, 0.1) is 0 Å². The number of hydrogen-bond acceptors (Lipinski definition) is 9. The Morgan fingerprint density at radius 3 is 1.74 bits per heavy atom. The summed E-state index contributed by atoms with van der Waals surface area (Å²) in [7, 11) is -10.1. The number of nitrogens with one attached hydrogen (secondary N) is 1. The summed E-state index contributed by atoms with van der Waals surface area (Å²) in [5.41, 5.74) is -0.411. The number of imide groups is 1. The van der Waals surface area contributed by atoms with Gasteiger partial charge in [0.05, 0.1) is 15.5 Å². The van der Waals surface area contributed by atoms with Crippen LogP contribution in [-0.2, 0) is 34.6 Å². The van der Waals surface area contributed by atoms with E-state index >= 15 is 0 Å². The topological polar surface area (TPSA) is 181 Å². The first-order valence-electron chi connectivity index (χ1n) is 8.99. The second kappa shape index (κ2) is 12.1. The van der Waals surface area contributed by atoms with Gasteiger partial charge < -0.3 is 14.4 Å². The molecule has 15 heteroatoms. The number of hydrogen-bond donors (Lipinski definition) is 1. The van der Waals surface area contributed by atoms with Gasteiger partial charge in [0.1, 0.15) is 20.2 Å². The summed E-state index contributed by atoms with van der Waals surface area (Å²) >= 11 is 0. The van der Waals surface area contributed by atoms with Gasteiger partial charge in [0, 0.05) is 24.8 Å². The van der Waals surface area contributed by atoms with Crippen LogP contribution in [-0.4, -0.2) is 43.7 Å². The van der Waals surface area contributed by atoms with Crippen molar-refractivity contribution in [2.24, 2.45) is 0 Å². The van der Waals surface area contributed by atoms with E-state index in [0.717, 1.165) is 42.5 Å². The number of benzene rings is 2. The largest absolute Gasteiger partial charge is 1.00 e. The Bertz CT molecular complexity index is 1450. The van der Waals surface area contributed by atoms with Crippen LogP contribution >= 0.6 is 0 Å². The van der Waals surface area contributed by atoms with Gasteiger partial charge in [0.25, 0.3) is 11.8 Å². The summed E-state index contributed by atoms with van der Waals surface area (Å²) < 4.78 is 70.3. The number of nitrogens with zero attached hydrogens (tertiary/aromatic N) is 1. The van der Waals surface area contributed by atoms with Gasteiger partial charge in [-0.25, -0.2) is 21.7 Å². The molecular formula is C20H14N2Na2O9S2. The van der Waals surface area contributed by atoms with Gasteiger partial charge in [-0.3, -0.25) is 14.4 Å². The first kappa shape index (κ1) is 31.4. The minimum atomic E-state index is -5.08. The minimum Gasteiger partial charge on any atom is -0.744 e. The molecule has 35 heavy (non-hydrogen) atoms. The molecule has 3 rings (SSSR count). The van der Waals surface area contributed by atoms with Crippen LogP contribution < -0.4 is 69.3 Å². The molecule has 1 aliphatic rings. The van der Waals surface area contributed by atoms with Crippen molar-refractivity contribution in [3.63, 3.8) is 0 Å². The van der Waals surface area contributed by atoms with Gasteiger partial charge in [-0.15, -0.1) is 0 Å². The second-order valence-corrected chi connectivity index (χ2v) is 9.44. The fourth-order valence-corrected chi connectivity index (χ4v) is 4.41. The van der Waals surface area contributed by atoms with E-state index in [1.165, 1.54) is 25.1 Å². The molecule has 0 aromatic heterocycles. The number of carbonyl (C=O) groups excluding carboxylic acids is 3. The van der Waals surface area contributed by atoms with Gasteiger partial charge in [-0.05, 0) is 35.4 Å². The molecule has 1 aliphatic heterocycles. The molecule has 0 saturated carbocycles. The van der Waals surface area contributed by atoms with Crippen LogP contribution in [0.2, 0.25) is 0 Å². The maximum Gasteiger partial charge on any atom is 1.00 e. The van der Waals surface area contributed by atoms with Crippen LogP contribution in [0.25, 0.3) is 12.2 Å². The second-order valence-electron chi connectivity index (χ2n) is 6.74. The summed E-state index contributed by atoms with van der Waals surface area (Å²) in [5, 5.41) is 2.34. The SMILES string of the molecule is CC(=O)Nc1ccc(/C=C/c2ccc(N3C(=O)C=CC3=O)cc2S(=O)(=O)[O-])c(S(=O)(=O)[O-])c1.[Na+].[Na+]. The molecule has 1 N–H and O–H groups in total. The zero-order valence-electron chi connectivity index (χ0n) is 18.7. The van der Waals surface area contributed by atoms with E-state index in [4.69, 9.17) is 0 Å². The molecule has 2 aromatic carbocycles. The average molecular weight is 536 g/mol. The van der Waals surface area contributed by atoms with E-state index in [1.54, 1.807) is 0 Å². The molecular weight excluding hydrogens is 522 g/mol. The summed E-state index contributed by atoms with van der Waals surface area (Å²) in [6.45, 7) is 1.19. The quantitative estimate of drug-likeness (QED) is 0.164. The zero-order valence-corrected chi connectivity index (χ0v) is 24.3.